The van der Waals surface area contributed by atoms with Crippen molar-refractivity contribution in [1.82, 2.24) is 15.2 Å². The Morgan fingerprint density at radius 2 is 2.28 bits per heavy atom. The molecule has 1 aliphatic carbocycles. The Bertz CT molecular complexity index is 380. The van der Waals surface area contributed by atoms with Crippen molar-refractivity contribution in [3.8, 4) is 0 Å². The lowest BCUT2D eigenvalue weighted by Gasteiger charge is -2.30. The standard InChI is InChI=1S/C14H23N3S/c1-11-16-8-14(18-11)10-17(13-5-6-13)9-12-4-2-3-7-15-12/h8,12-13,15H,2-7,9-10H2,1H3. The van der Waals surface area contributed by atoms with Crippen molar-refractivity contribution in [3.05, 3.63) is 16.1 Å². The van der Waals surface area contributed by atoms with E-state index in [-0.39, 0.29) is 0 Å². The molecule has 0 bridgehead atoms. The Labute approximate surface area is 114 Å². The van der Waals surface area contributed by atoms with Crippen LogP contribution < -0.4 is 5.32 Å². The minimum atomic E-state index is 0.716. The average Bonchev–Trinajstić information content (AvgIpc) is 3.15. The van der Waals surface area contributed by atoms with Gasteiger partial charge in [-0.15, -0.1) is 11.3 Å². The third-order valence-electron chi connectivity index (χ3n) is 3.96. The monoisotopic (exact) mass is 265 g/mol. The molecule has 0 aromatic carbocycles. The van der Waals surface area contributed by atoms with Crippen LogP contribution in [0.2, 0.25) is 0 Å². The van der Waals surface area contributed by atoms with Gasteiger partial charge in [0.2, 0.25) is 0 Å². The first-order valence-electron chi connectivity index (χ1n) is 7.20. The smallest absolute Gasteiger partial charge is 0.0897 e. The zero-order chi connectivity index (χ0) is 12.4. The van der Waals surface area contributed by atoms with Gasteiger partial charge in [-0.05, 0) is 39.2 Å². The molecule has 0 spiro atoms. The maximum Gasteiger partial charge on any atom is 0.0897 e. The van der Waals surface area contributed by atoms with E-state index in [2.05, 4.69) is 28.3 Å². The third kappa shape index (κ3) is 3.31. The van der Waals surface area contributed by atoms with Gasteiger partial charge in [-0.1, -0.05) is 6.42 Å². The molecule has 1 aromatic heterocycles. The molecule has 3 rings (SSSR count). The van der Waals surface area contributed by atoms with E-state index in [0.717, 1.165) is 12.6 Å². The van der Waals surface area contributed by atoms with Crippen LogP contribution in [0.1, 0.15) is 42.0 Å². The Kier molecular flexibility index (Phi) is 3.97. The van der Waals surface area contributed by atoms with Gasteiger partial charge < -0.3 is 5.32 Å². The highest BCUT2D eigenvalue weighted by Gasteiger charge is 2.31. The summed E-state index contributed by atoms with van der Waals surface area (Å²) in [4.78, 5) is 8.48. The summed E-state index contributed by atoms with van der Waals surface area (Å²) < 4.78 is 0. The number of nitrogens with zero attached hydrogens (tertiary/aromatic N) is 2. The summed E-state index contributed by atoms with van der Waals surface area (Å²) in [5.41, 5.74) is 0. The van der Waals surface area contributed by atoms with Crippen LogP contribution in [0.3, 0.4) is 0 Å². The normalized spacial score (nSPS) is 24.7. The van der Waals surface area contributed by atoms with Crippen LogP contribution in [0.4, 0.5) is 0 Å². The van der Waals surface area contributed by atoms with Gasteiger partial charge in [0.05, 0.1) is 5.01 Å². The highest BCUT2D eigenvalue weighted by atomic mass is 32.1. The number of hydrogen-bond donors (Lipinski definition) is 1. The maximum atomic E-state index is 4.37. The fourth-order valence-electron chi connectivity index (χ4n) is 2.82. The van der Waals surface area contributed by atoms with Gasteiger partial charge in [0.15, 0.2) is 0 Å². The molecular weight excluding hydrogens is 242 g/mol. The summed E-state index contributed by atoms with van der Waals surface area (Å²) in [6, 6.07) is 1.56. The topological polar surface area (TPSA) is 28.2 Å². The van der Waals surface area contributed by atoms with Crippen molar-refractivity contribution < 1.29 is 0 Å². The molecule has 1 saturated carbocycles. The minimum Gasteiger partial charge on any atom is -0.313 e. The van der Waals surface area contributed by atoms with Crippen LogP contribution in [-0.2, 0) is 6.54 Å². The van der Waals surface area contributed by atoms with E-state index in [9.17, 15) is 0 Å². The van der Waals surface area contributed by atoms with Crippen molar-refractivity contribution in [2.45, 2.75) is 57.7 Å². The minimum absolute atomic E-state index is 0.716. The lowest BCUT2D eigenvalue weighted by atomic mass is 10.0. The predicted octanol–water partition coefficient (Wildman–Crippen LogP) is 2.56. The molecular formula is C14H23N3S. The number of aryl methyl sites for hydroxylation is 1. The summed E-state index contributed by atoms with van der Waals surface area (Å²) in [5.74, 6) is 0. The van der Waals surface area contributed by atoms with E-state index in [1.807, 2.05) is 11.3 Å². The molecule has 1 aromatic rings. The predicted molar refractivity (Wildman–Crippen MR) is 75.9 cm³/mol. The zero-order valence-corrected chi connectivity index (χ0v) is 12.0. The number of aromatic nitrogens is 1. The summed E-state index contributed by atoms with van der Waals surface area (Å²) in [5, 5.41) is 4.86. The fraction of sp³-hybridized carbons (Fsp3) is 0.786. The van der Waals surface area contributed by atoms with Crippen LogP contribution in [-0.4, -0.2) is 35.1 Å². The van der Waals surface area contributed by atoms with Crippen LogP contribution >= 0.6 is 11.3 Å². The molecule has 2 aliphatic rings. The molecule has 3 nitrogen and oxygen atoms in total. The largest absolute Gasteiger partial charge is 0.313 e. The van der Waals surface area contributed by atoms with Crippen LogP contribution in [0.5, 0.6) is 0 Å². The van der Waals surface area contributed by atoms with Crippen molar-refractivity contribution in [2.24, 2.45) is 0 Å². The Balaban J connectivity index is 1.57. The molecule has 0 amide bonds. The molecule has 2 fully saturated rings. The van der Waals surface area contributed by atoms with E-state index in [1.54, 1.807) is 0 Å². The summed E-state index contributed by atoms with van der Waals surface area (Å²) in [6.07, 6.45) is 8.95. The fourth-order valence-corrected chi connectivity index (χ4v) is 3.64. The Morgan fingerprint density at radius 1 is 1.39 bits per heavy atom. The molecule has 2 heterocycles. The molecule has 100 valence electrons. The van der Waals surface area contributed by atoms with E-state index < -0.39 is 0 Å². The number of hydrogen-bond acceptors (Lipinski definition) is 4. The number of rotatable bonds is 5. The quantitative estimate of drug-likeness (QED) is 0.887. The van der Waals surface area contributed by atoms with Crippen molar-refractivity contribution >= 4 is 11.3 Å². The lowest BCUT2D eigenvalue weighted by Crippen LogP contribution is -2.44. The van der Waals surface area contributed by atoms with Gasteiger partial charge in [0, 0.05) is 36.2 Å². The number of thiazole rings is 1. The first kappa shape index (κ1) is 12.6. The first-order valence-corrected chi connectivity index (χ1v) is 8.01. The van der Waals surface area contributed by atoms with E-state index >= 15 is 0 Å². The lowest BCUT2D eigenvalue weighted by molar-refractivity contribution is 0.210. The van der Waals surface area contributed by atoms with Crippen molar-refractivity contribution in [3.63, 3.8) is 0 Å². The van der Waals surface area contributed by atoms with Crippen molar-refractivity contribution in [2.75, 3.05) is 13.1 Å². The average molecular weight is 265 g/mol. The van der Waals surface area contributed by atoms with Gasteiger partial charge in [0.1, 0.15) is 0 Å². The Hall–Kier alpha value is -0.450. The number of piperidine rings is 1. The molecule has 1 saturated heterocycles. The van der Waals surface area contributed by atoms with Crippen LogP contribution in [0.25, 0.3) is 0 Å². The van der Waals surface area contributed by atoms with Gasteiger partial charge >= 0.3 is 0 Å². The summed E-state index contributed by atoms with van der Waals surface area (Å²) in [7, 11) is 0. The van der Waals surface area contributed by atoms with E-state index in [1.165, 1.54) is 55.1 Å². The van der Waals surface area contributed by atoms with Crippen LogP contribution in [0.15, 0.2) is 6.20 Å². The molecule has 4 heteroatoms. The summed E-state index contributed by atoms with van der Waals surface area (Å²) >= 11 is 1.85. The third-order valence-corrected chi connectivity index (χ3v) is 4.86. The molecule has 18 heavy (non-hydrogen) atoms. The van der Waals surface area contributed by atoms with Gasteiger partial charge in [-0.3, -0.25) is 4.90 Å². The van der Waals surface area contributed by atoms with E-state index in [4.69, 9.17) is 0 Å². The molecule has 0 radical (unpaired) electrons. The second-order valence-electron chi connectivity index (χ2n) is 5.65. The maximum absolute atomic E-state index is 4.37. The zero-order valence-electron chi connectivity index (χ0n) is 11.2. The SMILES string of the molecule is Cc1ncc(CN(CC2CCCCN2)C2CC2)s1. The molecule has 1 N–H and O–H groups in total. The second-order valence-corrected chi connectivity index (χ2v) is 6.97. The van der Waals surface area contributed by atoms with Gasteiger partial charge in [-0.2, -0.15) is 0 Å². The second kappa shape index (κ2) is 5.68. The molecule has 1 aliphatic heterocycles. The van der Waals surface area contributed by atoms with E-state index in [0.29, 0.717) is 6.04 Å². The highest BCUT2D eigenvalue weighted by molar-refractivity contribution is 7.11. The first-order chi connectivity index (χ1) is 8.81. The van der Waals surface area contributed by atoms with Crippen molar-refractivity contribution in [1.29, 1.82) is 0 Å². The summed E-state index contributed by atoms with van der Waals surface area (Å²) in [6.45, 7) is 5.64. The molecule has 1 unspecified atom stereocenters. The highest BCUT2D eigenvalue weighted by Crippen LogP contribution is 2.30. The van der Waals surface area contributed by atoms with Crippen LogP contribution in [0, 0.1) is 6.92 Å². The Morgan fingerprint density at radius 3 is 2.89 bits per heavy atom. The number of nitrogens with one attached hydrogen (secondary N) is 1. The van der Waals surface area contributed by atoms with Gasteiger partial charge in [0.25, 0.3) is 0 Å². The molecule has 1 atom stereocenters. The van der Waals surface area contributed by atoms with Gasteiger partial charge in [-0.25, -0.2) is 4.98 Å².